The fourth-order valence-corrected chi connectivity index (χ4v) is 2.53. The van der Waals surface area contributed by atoms with Crippen molar-refractivity contribution in [2.24, 2.45) is 0 Å². The maximum Gasteiger partial charge on any atom is 0.182 e. The Hall–Kier alpha value is -3.03. The number of imidazole rings is 1. The Labute approximate surface area is 139 Å². The fourth-order valence-electron chi connectivity index (χ4n) is 2.53. The molecule has 0 radical (unpaired) electrons. The first-order valence-corrected chi connectivity index (χ1v) is 7.43. The number of rotatable bonds is 7. The smallest absolute Gasteiger partial charge is 0.182 e. The lowest BCUT2D eigenvalue weighted by Crippen LogP contribution is -2.09. The van der Waals surface area contributed by atoms with E-state index in [0.717, 1.165) is 22.6 Å². The number of aromatic nitrogens is 4. The van der Waals surface area contributed by atoms with E-state index < -0.39 is 0 Å². The number of methoxy groups -OCH3 is 3. The number of nitrogens with one attached hydrogen (secondary N) is 2. The summed E-state index contributed by atoms with van der Waals surface area (Å²) in [6, 6.07) is 3.69. The molecular weight excluding hydrogens is 310 g/mol. The maximum atomic E-state index is 5.46. The molecule has 2 N–H and O–H groups in total. The van der Waals surface area contributed by atoms with Crippen molar-refractivity contribution in [1.82, 2.24) is 19.9 Å². The molecule has 0 unspecified atom stereocenters. The summed E-state index contributed by atoms with van der Waals surface area (Å²) in [6.07, 6.45) is 3.77. The van der Waals surface area contributed by atoms with Gasteiger partial charge in [-0.3, -0.25) is 0 Å². The first kappa shape index (κ1) is 15.9. The SMILES string of the molecule is COc1cc(OC)c(CCNc2ncnc3nc[nH]c23)c(OC)c1. The Bertz CT molecular complexity index is 808. The van der Waals surface area contributed by atoms with Crippen LogP contribution in [0.2, 0.25) is 0 Å². The van der Waals surface area contributed by atoms with E-state index >= 15 is 0 Å². The fraction of sp³-hybridized carbons (Fsp3) is 0.312. The molecule has 0 saturated carbocycles. The standard InChI is InChI=1S/C16H19N5O3/c1-22-10-6-12(23-2)11(13(7-10)24-3)4-5-17-15-14-16(19-8-18-14)21-9-20-15/h6-9H,4-5H2,1-3H3,(H2,17,18,19,20,21). The van der Waals surface area contributed by atoms with E-state index in [-0.39, 0.29) is 0 Å². The average Bonchev–Trinajstić information content (AvgIpc) is 3.11. The van der Waals surface area contributed by atoms with E-state index in [0.29, 0.717) is 30.2 Å². The summed E-state index contributed by atoms with van der Waals surface area (Å²) in [7, 11) is 4.87. The molecule has 1 aromatic carbocycles. The van der Waals surface area contributed by atoms with Gasteiger partial charge >= 0.3 is 0 Å². The third-order valence-corrected chi connectivity index (χ3v) is 3.71. The van der Waals surface area contributed by atoms with Crippen LogP contribution in [0.25, 0.3) is 11.2 Å². The number of hydrogen-bond donors (Lipinski definition) is 2. The number of anilines is 1. The van der Waals surface area contributed by atoms with Crippen molar-refractivity contribution >= 4 is 17.0 Å². The molecular formula is C16H19N5O3. The highest BCUT2D eigenvalue weighted by atomic mass is 16.5. The largest absolute Gasteiger partial charge is 0.496 e. The van der Waals surface area contributed by atoms with E-state index in [1.165, 1.54) is 6.33 Å². The first-order chi connectivity index (χ1) is 11.8. The van der Waals surface area contributed by atoms with Gasteiger partial charge in [0.25, 0.3) is 0 Å². The Morgan fingerprint density at radius 1 is 1.00 bits per heavy atom. The van der Waals surface area contributed by atoms with Crippen LogP contribution >= 0.6 is 0 Å². The molecule has 0 aliphatic rings. The van der Waals surface area contributed by atoms with E-state index in [1.54, 1.807) is 27.7 Å². The van der Waals surface area contributed by atoms with Crippen LogP contribution in [0.3, 0.4) is 0 Å². The van der Waals surface area contributed by atoms with Gasteiger partial charge in [0.05, 0.1) is 27.7 Å². The zero-order valence-electron chi connectivity index (χ0n) is 13.8. The summed E-state index contributed by atoms with van der Waals surface area (Å²) in [6.45, 7) is 0.643. The second-order valence-corrected chi connectivity index (χ2v) is 5.01. The van der Waals surface area contributed by atoms with Gasteiger partial charge in [0, 0.05) is 24.2 Å². The lowest BCUT2D eigenvalue weighted by molar-refractivity contribution is 0.369. The van der Waals surface area contributed by atoms with Crippen molar-refractivity contribution in [3.05, 3.63) is 30.4 Å². The summed E-state index contributed by atoms with van der Waals surface area (Å²) >= 11 is 0. The van der Waals surface area contributed by atoms with E-state index in [9.17, 15) is 0 Å². The first-order valence-electron chi connectivity index (χ1n) is 7.43. The van der Waals surface area contributed by atoms with E-state index in [2.05, 4.69) is 25.3 Å². The molecule has 2 heterocycles. The Morgan fingerprint density at radius 2 is 1.75 bits per heavy atom. The summed E-state index contributed by atoms with van der Waals surface area (Å²) in [5.41, 5.74) is 2.38. The van der Waals surface area contributed by atoms with Gasteiger partial charge in [0.2, 0.25) is 0 Å². The number of nitrogens with zero attached hydrogens (tertiary/aromatic N) is 3. The lowest BCUT2D eigenvalue weighted by Gasteiger charge is -2.15. The van der Waals surface area contributed by atoms with Crippen LogP contribution in [0, 0.1) is 0 Å². The molecule has 0 spiro atoms. The lowest BCUT2D eigenvalue weighted by atomic mass is 10.1. The molecule has 0 aliphatic carbocycles. The van der Waals surface area contributed by atoms with E-state index in [1.807, 2.05) is 12.1 Å². The Morgan fingerprint density at radius 3 is 2.42 bits per heavy atom. The molecule has 126 valence electrons. The highest BCUT2D eigenvalue weighted by Gasteiger charge is 2.13. The zero-order valence-corrected chi connectivity index (χ0v) is 13.8. The zero-order chi connectivity index (χ0) is 16.9. The molecule has 0 amide bonds. The van der Waals surface area contributed by atoms with Crippen molar-refractivity contribution in [3.8, 4) is 17.2 Å². The van der Waals surface area contributed by atoms with Crippen molar-refractivity contribution in [3.63, 3.8) is 0 Å². The minimum absolute atomic E-state index is 0.632. The molecule has 0 saturated heterocycles. The average molecular weight is 329 g/mol. The Kier molecular flexibility index (Phi) is 4.64. The van der Waals surface area contributed by atoms with Gasteiger partial charge in [-0.05, 0) is 6.42 Å². The van der Waals surface area contributed by atoms with Gasteiger partial charge in [0.1, 0.15) is 29.1 Å². The summed E-state index contributed by atoms with van der Waals surface area (Å²) in [5.74, 6) is 2.85. The normalized spacial score (nSPS) is 10.6. The third kappa shape index (κ3) is 3.03. The number of ether oxygens (including phenoxy) is 3. The summed E-state index contributed by atoms with van der Waals surface area (Å²) in [4.78, 5) is 15.5. The number of aromatic amines is 1. The second kappa shape index (κ2) is 7.03. The number of hydrogen-bond acceptors (Lipinski definition) is 7. The Balaban J connectivity index is 1.78. The van der Waals surface area contributed by atoms with Crippen LogP contribution in [0.4, 0.5) is 5.82 Å². The molecule has 3 rings (SSSR count). The third-order valence-electron chi connectivity index (χ3n) is 3.71. The number of benzene rings is 1. The molecule has 24 heavy (non-hydrogen) atoms. The van der Waals surface area contributed by atoms with Crippen LogP contribution < -0.4 is 19.5 Å². The van der Waals surface area contributed by atoms with E-state index in [4.69, 9.17) is 14.2 Å². The van der Waals surface area contributed by atoms with Crippen LogP contribution in [0.1, 0.15) is 5.56 Å². The predicted octanol–water partition coefficient (Wildman–Crippen LogP) is 2.03. The minimum Gasteiger partial charge on any atom is -0.496 e. The van der Waals surface area contributed by atoms with Crippen molar-refractivity contribution in [2.75, 3.05) is 33.2 Å². The van der Waals surface area contributed by atoms with Crippen LogP contribution in [0.15, 0.2) is 24.8 Å². The molecule has 8 nitrogen and oxygen atoms in total. The van der Waals surface area contributed by atoms with Gasteiger partial charge in [-0.25, -0.2) is 15.0 Å². The second-order valence-electron chi connectivity index (χ2n) is 5.01. The number of H-pyrrole nitrogens is 1. The molecule has 0 aliphatic heterocycles. The van der Waals surface area contributed by atoms with Gasteiger partial charge in [-0.2, -0.15) is 0 Å². The van der Waals surface area contributed by atoms with Crippen LogP contribution in [-0.2, 0) is 6.42 Å². The molecule has 3 aromatic rings. The van der Waals surface area contributed by atoms with Crippen LogP contribution in [-0.4, -0.2) is 47.8 Å². The number of fused-ring (bicyclic) bond motifs is 1. The molecule has 0 fully saturated rings. The molecule has 0 bridgehead atoms. The minimum atomic E-state index is 0.632. The van der Waals surface area contributed by atoms with Gasteiger partial charge in [-0.1, -0.05) is 0 Å². The van der Waals surface area contributed by atoms with Crippen LogP contribution in [0.5, 0.6) is 17.2 Å². The summed E-state index contributed by atoms with van der Waals surface area (Å²) in [5, 5.41) is 3.29. The van der Waals surface area contributed by atoms with Gasteiger partial charge in [-0.15, -0.1) is 0 Å². The topological polar surface area (TPSA) is 94.2 Å². The maximum absolute atomic E-state index is 5.46. The summed E-state index contributed by atoms with van der Waals surface area (Å²) < 4.78 is 16.2. The highest BCUT2D eigenvalue weighted by molar-refractivity contribution is 5.81. The molecule has 8 heteroatoms. The van der Waals surface area contributed by atoms with Crippen molar-refractivity contribution in [2.45, 2.75) is 6.42 Å². The van der Waals surface area contributed by atoms with Gasteiger partial charge in [0.15, 0.2) is 11.5 Å². The quantitative estimate of drug-likeness (QED) is 0.685. The van der Waals surface area contributed by atoms with Crippen molar-refractivity contribution < 1.29 is 14.2 Å². The predicted molar refractivity (Wildman–Crippen MR) is 90.0 cm³/mol. The monoisotopic (exact) mass is 329 g/mol. The van der Waals surface area contributed by atoms with Crippen molar-refractivity contribution in [1.29, 1.82) is 0 Å². The highest BCUT2D eigenvalue weighted by Crippen LogP contribution is 2.34. The van der Waals surface area contributed by atoms with Gasteiger partial charge < -0.3 is 24.5 Å². The molecule has 0 atom stereocenters. The molecule has 2 aromatic heterocycles.